The highest BCUT2D eigenvalue weighted by molar-refractivity contribution is 5.75. The second-order valence-corrected chi connectivity index (χ2v) is 2.02. The molecule has 0 amide bonds. The first-order valence-electron chi connectivity index (χ1n) is 2.93. The smallest absolute Gasteiger partial charge is 0.147 e. The zero-order valence-electron chi connectivity index (χ0n) is 6.34. The van der Waals surface area contributed by atoms with Crippen LogP contribution in [-0.4, -0.2) is 12.2 Å². The van der Waals surface area contributed by atoms with Gasteiger partial charge in [0.25, 0.3) is 0 Å². The highest BCUT2D eigenvalue weighted by Gasteiger charge is 1.89. The predicted molar refractivity (Wildman–Crippen MR) is 37.5 cm³/mol. The van der Waals surface area contributed by atoms with Crippen LogP contribution in [0.2, 0.25) is 0 Å². The van der Waals surface area contributed by atoms with Crippen LogP contribution in [-0.2, 0) is 4.79 Å². The average Bonchev–Trinajstić information content (AvgIpc) is 1.85. The Morgan fingerprint density at radius 2 is 1.90 bits per heavy atom. The van der Waals surface area contributed by atoms with Gasteiger partial charge >= 0.3 is 0 Å². The van der Waals surface area contributed by atoms with Gasteiger partial charge in [-0.05, 0) is 26.7 Å². The Bertz CT molecular complexity index is 188. The Morgan fingerprint density at radius 3 is 2.20 bits per heavy atom. The van der Waals surface area contributed by atoms with E-state index in [1.807, 2.05) is 0 Å². The van der Waals surface area contributed by atoms with Gasteiger partial charge in [0.15, 0.2) is 0 Å². The van der Waals surface area contributed by atoms with Crippen LogP contribution in [0, 0.1) is 0 Å². The quantitative estimate of drug-likeness (QED) is 0.239. The lowest BCUT2D eigenvalue weighted by atomic mass is 10.3. The maximum absolute atomic E-state index is 10.4. The number of nitrogens with zero attached hydrogens (tertiary/aromatic N) is 1. The number of carbonyl (C=O) groups is 1. The SMILES string of the molecule is CC([O-])=N/C(C)=C(\C)C=O. The van der Waals surface area contributed by atoms with E-state index >= 15 is 0 Å². The van der Waals surface area contributed by atoms with Gasteiger partial charge in [-0.15, -0.1) is 0 Å². The van der Waals surface area contributed by atoms with Crippen molar-refractivity contribution in [2.45, 2.75) is 20.8 Å². The van der Waals surface area contributed by atoms with Gasteiger partial charge in [-0.1, -0.05) is 0 Å². The second-order valence-electron chi connectivity index (χ2n) is 2.02. The predicted octanol–water partition coefficient (Wildman–Crippen LogP) is 0.258. The Morgan fingerprint density at radius 1 is 1.40 bits per heavy atom. The van der Waals surface area contributed by atoms with E-state index in [0.29, 0.717) is 17.6 Å². The van der Waals surface area contributed by atoms with Gasteiger partial charge < -0.3 is 5.11 Å². The summed E-state index contributed by atoms with van der Waals surface area (Å²) in [4.78, 5) is 13.7. The van der Waals surface area contributed by atoms with Crippen molar-refractivity contribution in [1.29, 1.82) is 0 Å². The van der Waals surface area contributed by atoms with Crippen molar-refractivity contribution in [3.05, 3.63) is 11.3 Å². The van der Waals surface area contributed by atoms with Gasteiger partial charge in [0.2, 0.25) is 0 Å². The highest BCUT2D eigenvalue weighted by atomic mass is 16.3. The van der Waals surface area contributed by atoms with Gasteiger partial charge in [-0.3, -0.25) is 9.79 Å². The largest absolute Gasteiger partial charge is 0.862 e. The lowest BCUT2D eigenvalue weighted by Crippen LogP contribution is -2.11. The molecule has 0 atom stereocenters. The second kappa shape index (κ2) is 3.82. The summed E-state index contributed by atoms with van der Waals surface area (Å²) >= 11 is 0. The molecule has 0 aliphatic carbocycles. The zero-order valence-corrected chi connectivity index (χ0v) is 6.34. The molecule has 0 bridgehead atoms. The number of rotatable bonds is 2. The Labute approximate surface area is 60.1 Å². The van der Waals surface area contributed by atoms with Gasteiger partial charge in [0.1, 0.15) is 6.29 Å². The molecule has 0 rings (SSSR count). The molecule has 0 fully saturated rings. The lowest BCUT2D eigenvalue weighted by Gasteiger charge is -2.02. The Hall–Kier alpha value is -1.12. The molecular formula is C7H10NO2-. The zero-order chi connectivity index (χ0) is 8.15. The van der Waals surface area contributed by atoms with Crippen molar-refractivity contribution in [2.75, 3.05) is 0 Å². The molecule has 10 heavy (non-hydrogen) atoms. The van der Waals surface area contributed by atoms with Gasteiger partial charge in [0.05, 0.1) is 0 Å². The molecule has 0 aromatic rings. The number of hydrogen-bond acceptors (Lipinski definition) is 3. The molecule has 0 spiro atoms. The molecule has 0 heterocycles. The van der Waals surface area contributed by atoms with E-state index in [4.69, 9.17) is 0 Å². The third kappa shape index (κ3) is 3.02. The monoisotopic (exact) mass is 140 g/mol. The van der Waals surface area contributed by atoms with E-state index in [9.17, 15) is 9.90 Å². The molecular weight excluding hydrogens is 130 g/mol. The minimum atomic E-state index is -0.279. The first kappa shape index (κ1) is 8.88. The van der Waals surface area contributed by atoms with Crippen molar-refractivity contribution < 1.29 is 9.90 Å². The Kier molecular flexibility index (Phi) is 3.39. The van der Waals surface area contributed by atoms with Crippen molar-refractivity contribution in [3.63, 3.8) is 0 Å². The molecule has 0 saturated heterocycles. The number of aldehydes is 1. The van der Waals surface area contributed by atoms with Crippen molar-refractivity contribution >= 4 is 12.2 Å². The molecule has 0 unspecified atom stereocenters. The van der Waals surface area contributed by atoms with E-state index in [1.165, 1.54) is 6.92 Å². The first-order chi connectivity index (χ1) is 4.57. The summed E-state index contributed by atoms with van der Waals surface area (Å²) in [5.41, 5.74) is 0.984. The fourth-order valence-corrected chi connectivity index (χ4v) is 0.410. The molecule has 3 nitrogen and oxygen atoms in total. The summed E-state index contributed by atoms with van der Waals surface area (Å²) in [6.07, 6.45) is 0.682. The van der Waals surface area contributed by atoms with Crippen LogP contribution < -0.4 is 5.11 Å². The van der Waals surface area contributed by atoms with Crippen LogP contribution in [0.3, 0.4) is 0 Å². The van der Waals surface area contributed by atoms with E-state index in [0.717, 1.165) is 0 Å². The summed E-state index contributed by atoms with van der Waals surface area (Å²) in [5.74, 6) is -0.279. The molecule has 0 saturated carbocycles. The topological polar surface area (TPSA) is 52.5 Å². The van der Waals surface area contributed by atoms with Gasteiger partial charge in [-0.2, -0.15) is 0 Å². The normalized spacial score (nSPS) is 14.5. The van der Waals surface area contributed by atoms with Gasteiger partial charge in [0, 0.05) is 11.3 Å². The fraction of sp³-hybridized carbons (Fsp3) is 0.429. The lowest BCUT2D eigenvalue weighted by molar-refractivity contribution is -0.215. The molecule has 56 valence electrons. The molecule has 0 aromatic heterocycles. The number of aliphatic imine (C=N–C) groups is 1. The summed E-state index contributed by atoms with van der Waals surface area (Å²) in [6, 6.07) is 0. The summed E-state index contributed by atoms with van der Waals surface area (Å²) in [7, 11) is 0. The minimum absolute atomic E-state index is 0.279. The third-order valence-corrected chi connectivity index (χ3v) is 1.07. The molecule has 0 aromatic carbocycles. The van der Waals surface area contributed by atoms with Crippen LogP contribution in [0.15, 0.2) is 16.3 Å². The van der Waals surface area contributed by atoms with Crippen LogP contribution in [0.4, 0.5) is 0 Å². The molecule has 0 aliphatic heterocycles. The van der Waals surface area contributed by atoms with Crippen LogP contribution in [0.1, 0.15) is 20.8 Å². The first-order valence-corrected chi connectivity index (χ1v) is 2.93. The summed E-state index contributed by atoms with van der Waals surface area (Å²) in [6.45, 7) is 4.60. The highest BCUT2D eigenvalue weighted by Crippen LogP contribution is 2.00. The maximum atomic E-state index is 10.4. The maximum Gasteiger partial charge on any atom is 0.147 e. The Balaban J connectivity index is 4.48. The third-order valence-electron chi connectivity index (χ3n) is 1.07. The van der Waals surface area contributed by atoms with E-state index < -0.39 is 0 Å². The van der Waals surface area contributed by atoms with Crippen molar-refractivity contribution in [2.24, 2.45) is 4.99 Å². The molecule has 0 radical (unpaired) electrons. The van der Waals surface area contributed by atoms with E-state index in [1.54, 1.807) is 13.8 Å². The van der Waals surface area contributed by atoms with E-state index in [2.05, 4.69) is 4.99 Å². The molecule has 0 aliphatic rings. The minimum Gasteiger partial charge on any atom is -0.862 e. The molecule has 3 heteroatoms. The van der Waals surface area contributed by atoms with Crippen molar-refractivity contribution in [1.82, 2.24) is 0 Å². The fourth-order valence-electron chi connectivity index (χ4n) is 0.410. The number of carbonyl (C=O) groups excluding carboxylic acids is 1. The number of hydrogen-bond donors (Lipinski definition) is 0. The standard InChI is InChI=1S/C7H11NO2/c1-5(4-9)6(2)8-7(3)10/h4H,1-3H3,(H,8,10)/p-1/b6-5+. The average molecular weight is 140 g/mol. The van der Waals surface area contributed by atoms with Crippen LogP contribution in [0.25, 0.3) is 0 Å². The van der Waals surface area contributed by atoms with E-state index in [-0.39, 0.29) is 5.90 Å². The van der Waals surface area contributed by atoms with Gasteiger partial charge in [-0.25, -0.2) is 0 Å². The summed E-state index contributed by atoms with van der Waals surface area (Å²) < 4.78 is 0. The van der Waals surface area contributed by atoms with Crippen LogP contribution >= 0.6 is 0 Å². The van der Waals surface area contributed by atoms with Crippen molar-refractivity contribution in [3.8, 4) is 0 Å². The van der Waals surface area contributed by atoms with Crippen LogP contribution in [0.5, 0.6) is 0 Å². The molecule has 0 N–H and O–H groups in total. The summed E-state index contributed by atoms with van der Waals surface area (Å²) in [5, 5.41) is 10.4. The number of allylic oxidation sites excluding steroid dienone is 2.